The van der Waals surface area contributed by atoms with Crippen LogP contribution in [-0.2, 0) is 4.79 Å². The Kier molecular flexibility index (Phi) is 6.09. The SMILES string of the molecule is COc1cc(C(=O)N(CC(N)=O)C(C)C)ccc1OC(F)F. The molecule has 1 aromatic carbocycles. The molecular weight excluding hydrogens is 298 g/mol. The van der Waals surface area contributed by atoms with Crippen LogP contribution >= 0.6 is 0 Å². The van der Waals surface area contributed by atoms with E-state index in [4.69, 9.17) is 10.5 Å². The number of carbonyl (C=O) groups excluding carboxylic acids is 2. The highest BCUT2D eigenvalue weighted by molar-refractivity contribution is 5.97. The third-order valence-corrected chi connectivity index (χ3v) is 2.84. The molecule has 0 fully saturated rings. The smallest absolute Gasteiger partial charge is 0.387 e. The number of primary amides is 1. The van der Waals surface area contributed by atoms with Crippen LogP contribution in [-0.4, -0.2) is 43.0 Å². The molecule has 0 atom stereocenters. The number of hydrogen-bond donors (Lipinski definition) is 1. The quantitative estimate of drug-likeness (QED) is 0.829. The van der Waals surface area contributed by atoms with Gasteiger partial charge in [0.1, 0.15) is 0 Å². The Morgan fingerprint density at radius 1 is 1.27 bits per heavy atom. The molecule has 2 N–H and O–H groups in total. The van der Waals surface area contributed by atoms with Gasteiger partial charge in [-0.3, -0.25) is 9.59 Å². The van der Waals surface area contributed by atoms with Crippen LogP contribution < -0.4 is 15.2 Å². The summed E-state index contributed by atoms with van der Waals surface area (Å²) in [7, 11) is 1.27. The standard InChI is InChI=1S/C14H18F2N2O4/c1-8(2)18(7-12(17)19)13(20)9-4-5-10(22-14(15)16)11(6-9)21-3/h4-6,8,14H,7H2,1-3H3,(H2,17,19). The largest absolute Gasteiger partial charge is 0.493 e. The van der Waals surface area contributed by atoms with E-state index < -0.39 is 18.4 Å². The van der Waals surface area contributed by atoms with Gasteiger partial charge in [0.25, 0.3) is 5.91 Å². The second-order valence-electron chi connectivity index (χ2n) is 4.74. The molecule has 0 aromatic heterocycles. The van der Waals surface area contributed by atoms with E-state index in [0.717, 1.165) is 0 Å². The summed E-state index contributed by atoms with van der Waals surface area (Å²) in [5.74, 6) is -1.30. The maximum atomic E-state index is 12.4. The van der Waals surface area contributed by atoms with Gasteiger partial charge in [-0.15, -0.1) is 0 Å². The summed E-state index contributed by atoms with van der Waals surface area (Å²) in [6.45, 7) is 0.213. The molecule has 0 saturated heterocycles. The summed E-state index contributed by atoms with van der Waals surface area (Å²) in [4.78, 5) is 24.7. The highest BCUT2D eigenvalue weighted by Crippen LogP contribution is 2.30. The topological polar surface area (TPSA) is 81.9 Å². The molecule has 2 amide bonds. The number of methoxy groups -OCH3 is 1. The van der Waals surface area contributed by atoms with Gasteiger partial charge in [0.2, 0.25) is 5.91 Å². The van der Waals surface area contributed by atoms with Crippen LogP contribution in [0.3, 0.4) is 0 Å². The Morgan fingerprint density at radius 3 is 2.36 bits per heavy atom. The van der Waals surface area contributed by atoms with Crippen LogP contribution in [0.2, 0.25) is 0 Å². The zero-order valence-corrected chi connectivity index (χ0v) is 12.5. The fourth-order valence-corrected chi connectivity index (χ4v) is 1.82. The third-order valence-electron chi connectivity index (χ3n) is 2.84. The highest BCUT2D eigenvalue weighted by atomic mass is 19.3. The van der Waals surface area contributed by atoms with Crippen molar-refractivity contribution in [2.75, 3.05) is 13.7 Å². The summed E-state index contributed by atoms with van der Waals surface area (Å²) < 4.78 is 33.8. The van der Waals surface area contributed by atoms with Crippen molar-refractivity contribution in [2.45, 2.75) is 26.5 Å². The van der Waals surface area contributed by atoms with Gasteiger partial charge in [-0.1, -0.05) is 0 Å². The molecule has 1 rings (SSSR count). The van der Waals surface area contributed by atoms with Crippen molar-refractivity contribution in [3.63, 3.8) is 0 Å². The minimum absolute atomic E-state index is 0.00562. The molecule has 1 aromatic rings. The monoisotopic (exact) mass is 316 g/mol. The van der Waals surface area contributed by atoms with Crippen molar-refractivity contribution in [1.82, 2.24) is 4.90 Å². The summed E-state index contributed by atoms with van der Waals surface area (Å²) in [6, 6.07) is 3.54. The van der Waals surface area contributed by atoms with Crippen molar-refractivity contribution in [3.05, 3.63) is 23.8 Å². The number of ether oxygens (including phenoxy) is 2. The summed E-state index contributed by atoms with van der Waals surface area (Å²) in [5.41, 5.74) is 5.30. The Labute approximate surface area is 126 Å². The predicted molar refractivity (Wildman–Crippen MR) is 75.0 cm³/mol. The maximum Gasteiger partial charge on any atom is 0.387 e. The number of halogens is 2. The number of hydrogen-bond acceptors (Lipinski definition) is 4. The predicted octanol–water partition coefficient (Wildman–Crippen LogP) is 1.63. The van der Waals surface area contributed by atoms with Gasteiger partial charge in [0.15, 0.2) is 11.5 Å². The molecule has 6 nitrogen and oxygen atoms in total. The van der Waals surface area contributed by atoms with Gasteiger partial charge in [-0.05, 0) is 32.0 Å². The lowest BCUT2D eigenvalue weighted by molar-refractivity contribution is -0.119. The lowest BCUT2D eigenvalue weighted by Gasteiger charge is -2.25. The highest BCUT2D eigenvalue weighted by Gasteiger charge is 2.22. The molecule has 0 unspecified atom stereocenters. The van der Waals surface area contributed by atoms with E-state index in [9.17, 15) is 18.4 Å². The molecule has 22 heavy (non-hydrogen) atoms. The van der Waals surface area contributed by atoms with Crippen molar-refractivity contribution < 1.29 is 27.8 Å². The Hall–Kier alpha value is -2.38. The lowest BCUT2D eigenvalue weighted by atomic mass is 10.1. The molecule has 0 aliphatic heterocycles. The van der Waals surface area contributed by atoms with Gasteiger partial charge in [0, 0.05) is 11.6 Å². The molecule has 8 heteroatoms. The molecule has 0 saturated carbocycles. The fourth-order valence-electron chi connectivity index (χ4n) is 1.82. The minimum atomic E-state index is -3.00. The van der Waals surface area contributed by atoms with Crippen LogP contribution in [0.1, 0.15) is 24.2 Å². The first-order chi connectivity index (χ1) is 10.3. The zero-order valence-electron chi connectivity index (χ0n) is 12.5. The first-order valence-corrected chi connectivity index (χ1v) is 6.48. The van der Waals surface area contributed by atoms with Crippen LogP contribution in [0.5, 0.6) is 11.5 Å². The molecular formula is C14H18F2N2O4. The van der Waals surface area contributed by atoms with E-state index in [-0.39, 0.29) is 29.6 Å². The normalized spacial score (nSPS) is 10.7. The van der Waals surface area contributed by atoms with Crippen LogP contribution in [0.4, 0.5) is 8.78 Å². The van der Waals surface area contributed by atoms with Gasteiger partial charge in [0.05, 0.1) is 13.7 Å². The van der Waals surface area contributed by atoms with Gasteiger partial charge in [-0.2, -0.15) is 8.78 Å². The van der Waals surface area contributed by atoms with E-state index in [1.54, 1.807) is 13.8 Å². The summed E-state index contributed by atoms with van der Waals surface area (Å²) >= 11 is 0. The first-order valence-electron chi connectivity index (χ1n) is 6.48. The van der Waals surface area contributed by atoms with Gasteiger partial charge >= 0.3 is 6.61 Å². The average molecular weight is 316 g/mol. The molecule has 0 bridgehead atoms. The number of alkyl halides is 2. The third kappa shape index (κ3) is 4.57. The van der Waals surface area contributed by atoms with Crippen molar-refractivity contribution >= 4 is 11.8 Å². The Morgan fingerprint density at radius 2 is 1.91 bits per heavy atom. The number of amides is 2. The minimum Gasteiger partial charge on any atom is -0.493 e. The Bertz CT molecular complexity index is 550. The lowest BCUT2D eigenvalue weighted by Crippen LogP contribution is -2.42. The number of carbonyl (C=O) groups is 2. The van der Waals surface area contributed by atoms with Gasteiger partial charge in [-0.25, -0.2) is 0 Å². The summed E-state index contributed by atoms with van der Waals surface area (Å²) in [5, 5.41) is 0. The second-order valence-corrected chi connectivity index (χ2v) is 4.74. The zero-order chi connectivity index (χ0) is 16.9. The molecule has 0 spiro atoms. The number of benzene rings is 1. The van der Waals surface area contributed by atoms with E-state index in [0.29, 0.717) is 0 Å². The van der Waals surface area contributed by atoms with Crippen molar-refractivity contribution in [3.8, 4) is 11.5 Å². The van der Waals surface area contributed by atoms with E-state index in [2.05, 4.69) is 4.74 Å². The van der Waals surface area contributed by atoms with Gasteiger partial charge < -0.3 is 20.1 Å². The van der Waals surface area contributed by atoms with Crippen LogP contribution in [0.15, 0.2) is 18.2 Å². The number of nitrogens with zero attached hydrogens (tertiary/aromatic N) is 1. The average Bonchev–Trinajstić information content (AvgIpc) is 2.43. The van der Waals surface area contributed by atoms with Crippen molar-refractivity contribution in [1.29, 1.82) is 0 Å². The van der Waals surface area contributed by atoms with E-state index in [1.807, 2.05) is 0 Å². The second kappa shape index (κ2) is 7.58. The molecule has 0 aliphatic carbocycles. The molecule has 122 valence electrons. The van der Waals surface area contributed by atoms with E-state index >= 15 is 0 Å². The maximum absolute atomic E-state index is 12.4. The van der Waals surface area contributed by atoms with Crippen LogP contribution in [0, 0.1) is 0 Å². The van der Waals surface area contributed by atoms with Crippen molar-refractivity contribution in [2.24, 2.45) is 5.73 Å². The summed E-state index contributed by atoms with van der Waals surface area (Å²) in [6.07, 6.45) is 0. The number of nitrogens with two attached hydrogens (primary N) is 1. The Balaban J connectivity index is 3.09. The number of rotatable bonds is 7. The van der Waals surface area contributed by atoms with Crippen LogP contribution in [0.25, 0.3) is 0 Å². The fraction of sp³-hybridized carbons (Fsp3) is 0.429. The molecule has 0 radical (unpaired) electrons. The first kappa shape index (κ1) is 17.7. The molecule has 0 aliphatic rings. The molecule has 0 heterocycles. The van der Waals surface area contributed by atoms with E-state index in [1.165, 1.54) is 30.2 Å².